The van der Waals surface area contributed by atoms with Gasteiger partial charge in [0.15, 0.2) is 0 Å². The Morgan fingerprint density at radius 2 is 2.35 bits per heavy atom. The summed E-state index contributed by atoms with van der Waals surface area (Å²) in [6, 6.07) is 0. The zero-order valence-corrected chi connectivity index (χ0v) is 9.86. The van der Waals surface area contributed by atoms with Crippen molar-refractivity contribution in [3.8, 4) is 0 Å². The van der Waals surface area contributed by atoms with E-state index in [0.29, 0.717) is 18.1 Å². The lowest BCUT2D eigenvalue weighted by Gasteiger charge is -2.35. The van der Waals surface area contributed by atoms with Crippen LogP contribution in [-0.4, -0.2) is 36.3 Å². The largest absolute Gasteiger partial charge is 0.459 e. The fourth-order valence-electron chi connectivity index (χ4n) is 1.77. The maximum atomic E-state index is 11.6. The van der Waals surface area contributed by atoms with Gasteiger partial charge in [-0.25, -0.2) is 9.78 Å². The van der Waals surface area contributed by atoms with Crippen molar-refractivity contribution in [1.82, 2.24) is 9.97 Å². The summed E-state index contributed by atoms with van der Waals surface area (Å²) >= 11 is 0. The third-order valence-corrected chi connectivity index (χ3v) is 3.03. The molecule has 1 aromatic rings. The number of aromatic amines is 1. The number of esters is 1. The first-order chi connectivity index (χ1) is 8.15. The second-order valence-corrected chi connectivity index (χ2v) is 4.28. The fraction of sp³-hybridized carbons (Fsp3) is 0.636. The normalized spacial score (nSPS) is 17.5. The summed E-state index contributed by atoms with van der Waals surface area (Å²) in [5.74, 6) is 0.242. The predicted octanol–water partition coefficient (Wildman–Crippen LogP) is 0.551. The molecule has 0 spiro atoms. The van der Waals surface area contributed by atoms with Gasteiger partial charge in [0.25, 0.3) is 0 Å². The minimum atomic E-state index is -0.427. The van der Waals surface area contributed by atoms with Gasteiger partial charge in [-0.2, -0.15) is 0 Å². The van der Waals surface area contributed by atoms with Gasteiger partial charge in [0.05, 0.1) is 18.3 Å². The maximum Gasteiger partial charge on any atom is 0.356 e. The summed E-state index contributed by atoms with van der Waals surface area (Å²) in [5, 5.41) is 0. The molecule has 1 aromatic heterocycles. The third kappa shape index (κ3) is 2.48. The standard InChI is InChI=1S/C11H17N3O3/c1-16-5-6-17-9(15)8-7-13-10(14-8)11(12)3-2-4-11/h7H,2-6,12H2,1H3,(H,13,14). The molecule has 1 aliphatic carbocycles. The molecule has 1 fully saturated rings. The minimum absolute atomic E-state index is 0.234. The van der Waals surface area contributed by atoms with Crippen molar-refractivity contribution in [1.29, 1.82) is 0 Å². The zero-order valence-electron chi connectivity index (χ0n) is 9.86. The summed E-state index contributed by atoms with van der Waals surface area (Å²) in [7, 11) is 1.55. The van der Waals surface area contributed by atoms with Crippen LogP contribution in [0.4, 0.5) is 0 Å². The molecular weight excluding hydrogens is 222 g/mol. The second-order valence-electron chi connectivity index (χ2n) is 4.28. The number of carbonyl (C=O) groups is 1. The van der Waals surface area contributed by atoms with E-state index in [0.717, 1.165) is 19.3 Å². The predicted molar refractivity (Wildman–Crippen MR) is 60.5 cm³/mol. The smallest absolute Gasteiger partial charge is 0.356 e. The number of ether oxygens (including phenoxy) is 2. The van der Waals surface area contributed by atoms with Crippen molar-refractivity contribution in [2.24, 2.45) is 5.73 Å². The van der Waals surface area contributed by atoms with Gasteiger partial charge >= 0.3 is 5.97 Å². The Balaban J connectivity index is 1.95. The Morgan fingerprint density at radius 3 is 2.94 bits per heavy atom. The number of hydrogen-bond acceptors (Lipinski definition) is 5. The van der Waals surface area contributed by atoms with E-state index in [1.54, 1.807) is 7.11 Å². The van der Waals surface area contributed by atoms with Crippen LogP contribution >= 0.6 is 0 Å². The molecule has 1 saturated carbocycles. The van der Waals surface area contributed by atoms with E-state index in [4.69, 9.17) is 15.2 Å². The number of rotatable bonds is 5. The Bertz CT molecular complexity index is 398. The molecule has 3 N–H and O–H groups in total. The monoisotopic (exact) mass is 239 g/mol. The molecule has 6 heteroatoms. The number of nitrogens with two attached hydrogens (primary N) is 1. The van der Waals surface area contributed by atoms with E-state index >= 15 is 0 Å². The van der Waals surface area contributed by atoms with E-state index in [1.807, 2.05) is 0 Å². The Labute approximate surface area is 99.5 Å². The van der Waals surface area contributed by atoms with Gasteiger partial charge in [0, 0.05) is 7.11 Å². The molecule has 0 aromatic carbocycles. The number of nitrogens with one attached hydrogen (secondary N) is 1. The molecule has 0 atom stereocenters. The van der Waals surface area contributed by atoms with E-state index in [9.17, 15) is 4.79 Å². The van der Waals surface area contributed by atoms with Crippen LogP contribution in [0.15, 0.2) is 6.20 Å². The van der Waals surface area contributed by atoms with Crippen LogP contribution in [0, 0.1) is 0 Å². The quantitative estimate of drug-likeness (QED) is 0.578. The molecule has 0 aliphatic heterocycles. The van der Waals surface area contributed by atoms with E-state index in [1.165, 1.54) is 6.20 Å². The van der Waals surface area contributed by atoms with Crippen LogP contribution in [-0.2, 0) is 15.0 Å². The lowest BCUT2D eigenvalue weighted by atomic mass is 9.77. The SMILES string of the molecule is COCCOC(=O)c1cnc(C2(N)CCC2)[nH]1. The maximum absolute atomic E-state index is 11.6. The van der Waals surface area contributed by atoms with Crippen molar-refractivity contribution >= 4 is 5.97 Å². The Hall–Kier alpha value is -1.40. The summed E-state index contributed by atoms with van der Waals surface area (Å²) in [4.78, 5) is 18.7. The molecule has 94 valence electrons. The summed E-state index contributed by atoms with van der Waals surface area (Å²) in [6.07, 6.45) is 4.37. The molecule has 0 saturated heterocycles. The third-order valence-electron chi connectivity index (χ3n) is 3.03. The summed E-state index contributed by atoms with van der Waals surface area (Å²) in [6.45, 7) is 0.616. The van der Waals surface area contributed by atoms with Crippen LogP contribution in [0.3, 0.4) is 0 Å². The first kappa shape index (κ1) is 12.1. The van der Waals surface area contributed by atoms with Crippen LogP contribution in [0.5, 0.6) is 0 Å². The molecular formula is C11H17N3O3. The molecule has 0 amide bonds. The van der Waals surface area contributed by atoms with Gasteiger partial charge in [0.2, 0.25) is 0 Å². The highest BCUT2D eigenvalue weighted by molar-refractivity contribution is 5.87. The van der Waals surface area contributed by atoms with Crippen molar-refractivity contribution in [3.05, 3.63) is 17.7 Å². The molecule has 0 bridgehead atoms. The molecule has 6 nitrogen and oxygen atoms in total. The van der Waals surface area contributed by atoms with Crippen molar-refractivity contribution < 1.29 is 14.3 Å². The van der Waals surface area contributed by atoms with Gasteiger partial charge in [0.1, 0.15) is 18.1 Å². The Kier molecular flexibility index (Phi) is 3.44. The highest BCUT2D eigenvalue weighted by atomic mass is 16.6. The number of aromatic nitrogens is 2. The van der Waals surface area contributed by atoms with Crippen LogP contribution in [0.1, 0.15) is 35.6 Å². The number of H-pyrrole nitrogens is 1. The number of carbonyl (C=O) groups excluding carboxylic acids is 1. The first-order valence-corrected chi connectivity index (χ1v) is 5.66. The summed E-state index contributed by atoms with van der Waals surface area (Å²) in [5.41, 5.74) is 6.05. The van der Waals surface area contributed by atoms with E-state index in [2.05, 4.69) is 9.97 Å². The van der Waals surface area contributed by atoms with Crippen molar-refractivity contribution in [2.45, 2.75) is 24.8 Å². The molecule has 1 heterocycles. The number of nitrogens with zero attached hydrogens (tertiary/aromatic N) is 1. The molecule has 2 rings (SSSR count). The highest BCUT2D eigenvalue weighted by Crippen LogP contribution is 2.36. The number of methoxy groups -OCH3 is 1. The van der Waals surface area contributed by atoms with Crippen LogP contribution in [0.25, 0.3) is 0 Å². The van der Waals surface area contributed by atoms with E-state index in [-0.39, 0.29) is 12.1 Å². The molecule has 17 heavy (non-hydrogen) atoms. The van der Waals surface area contributed by atoms with Gasteiger partial charge < -0.3 is 20.2 Å². The van der Waals surface area contributed by atoms with Gasteiger partial charge in [-0.15, -0.1) is 0 Å². The molecule has 0 unspecified atom stereocenters. The average Bonchev–Trinajstić information content (AvgIpc) is 2.75. The first-order valence-electron chi connectivity index (χ1n) is 5.66. The Morgan fingerprint density at radius 1 is 1.59 bits per heavy atom. The lowest BCUT2D eigenvalue weighted by molar-refractivity contribution is 0.0382. The summed E-state index contributed by atoms with van der Waals surface area (Å²) < 4.78 is 9.76. The average molecular weight is 239 g/mol. The number of hydrogen-bond donors (Lipinski definition) is 2. The van der Waals surface area contributed by atoms with Gasteiger partial charge in [-0.1, -0.05) is 0 Å². The lowest BCUT2D eigenvalue weighted by Crippen LogP contribution is -2.44. The van der Waals surface area contributed by atoms with Gasteiger partial charge in [-0.3, -0.25) is 0 Å². The highest BCUT2D eigenvalue weighted by Gasteiger charge is 2.37. The fourth-order valence-corrected chi connectivity index (χ4v) is 1.77. The minimum Gasteiger partial charge on any atom is -0.459 e. The van der Waals surface area contributed by atoms with Crippen LogP contribution in [0.2, 0.25) is 0 Å². The molecule has 1 aliphatic rings. The van der Waals surface area contributed by atoms with Crippen molar-refractivity contribution in [2.75, 3.05) is 20.3 Å². The second kappa shape index (κ2) is 4.85. The topological polar surface area (TPSA) is 90.2 Å². The van der Waals surface area contributed by atoms with E-state index < -0.39 is 5.97 Å². The zero-order chi connectivity index (χ0) is 12.3. The van der Waals surface area contributed by atoms with Gasteiger partial charge in [-0.05, 0) is 19.3 Å². The van der Waals surface area contributed by atoms with Crippen molar-refractivity contribution in [3.63, 3.8) is 0 Å². The number of imidazole rings is 1. The molecule has 0 radical (unpaired) electrons. The van der Waals surface area contributed by atoms with Crippen LogP contribution < -0.4 is 5.73 Å².